The Hall–Kier alpha value is -2.13. The molecule has 0 fully saturated rings. The largest absolute Gasteiger partial charge is 0.466 e. The summed E-state index contributed by atoms with van der Waals surface area (Å²) in [6.07, 6.45) is 0.409. The molecule has 0 aromatic heterocycles. The summed E-state index contributed by atoms with van der Waals surface area (Å²) in [6, 6.07) is 18.7. The lowest BCUT2D eigenvalue weighted by atomic mass is 10.0. The molecule has 110 valence electrons. The molecule has 0 heterocycles. The molecule has 1 N–H and O–H groups in total. The molecule has 21 heavy (non-hydrogen) atoms. The van der Waals surface area contributed by atoms with Crippen molar-refractivity contribution >= 4 is 5.97 Å². The molecule has 2 rings (SSSR count). The van der Waals surface area contributed by atoms with Crippen LogP contribution in [0.5, 0.6) is 0 Å². The van der Waals surface area contributed by atoms with Gasteiger partial charge in [-0.2, -0.15) is 0 Å². The first-order valence-electron chi connectivity index (χ1n) is 7.30. The molecule has 2 aromatic rings. The van der Waals surface area contributed by atoms with Gasteiger partial charge in [0.15, 0.2) is 0 Å². The van der Waals surface area contributed by atoms with Crippen molar-refractivity contribution in [3.63, 3.8) is 0 Å². The molecule has 0 aliphatic rings. The minimum Gasteiger partial charge on any atom is -0.466 e. The molecule has 0 amide bonds. The van der Waals surface area contributed by atoms with Crippen LogP contribution in [0.4, 0.5) is 0 Å². The number of esters is 1. The summed E-state index contributed by atoms with van der Waals surface area (Å²) in [7, 11) is 0. The van der Waals surface area contributed by atoms with Crippen LogP contribution in [0, 0.1) is 0 Å². The van der Waals surface area contributed by atoms with Crippen LogP contribution in [-0.4, -0.2) is 19.1 Å². The molecule has 0 bridgehead atoms. The number of carbonyl (C=O) groups excluding carboxylic acids is 1. The van der Waals surface area contributed by atoms with E-state index in [-0.39, 0.29) is 5.97 Å². The maximum absolute atomic E-state index is 11.2. The minimum absolute atomic E-state index is 0.150. The van der Waals surface area contributed by atoms with Crippen molar-refractivity contribution in [2.24, 2.45) is 0 Å². The predicted octanol–water partition coefficient (Wildman–Crippen LogP) is 3.40. The molecule has 3 heteroatoms. The number of carbonyl (C=O) groups is 1. The summed E-state index contributed by atoms with van der Waals surface area (Å²) in [4.78, 5) is 11.2. The number of ether oxygens (including phenoxy) is 1. The van der Waals surface area contributed by atoms with Crippen molar-refractivity contribution in [2.75, 3.05) is 13.2 Å². The van der Waals surface area contributed by atoms with E-state index in [4.69, 9.17) is 4.74 Å². The number of hydrogen-bond donors (Lipinski definition) is 1. The van der Waals surface area contributed by atoms with E-state index in [1.165, 1.54) is 16.7 Å². The molecule has 0 unspecified atom stereocenters. The number of nitrogens with one attached hydrogen (secondary N) is 1. The summed E-state index contributed by atoms with van der Waals surface area (Å²) in [5.74, 6) is -0.150. The Labute approximate surface area is 126 Å². The van der Waals surface area contributed by atoms with Gasteiger partial charge in [0.2, 0.25) is 0 Å². The minimum atomic E-state index is -0.150. The van der Waals surface area contributed by atoms with Gasteiger partial charge in [-0.3, -0.25) is 4.79 Å². The Morgan fingerprint density at radius 2 is 1.81 bits per heavy atom. The molecular weight excluding hydrogens is 262 g/mol. The van der Waals surface area contributed by atoms with Gasteiger partial charge in [-0.1, -0.05) is 48.5 Å². The second-order valence-corrected chi connectivity index (χ2v) is 4.80. The zero-order valence-corrected chi connectivity index (χ0v) is 12.3. The molecule has 2 aromatic carbocycles. The topological polar surface area (TPSA) is 38.3 Å². The van der Waals surface area contributed by atoms with E-state index in [9.17, 15) is 4.79 Å². The highest BCUT2D eigenvalue weighted by atomic mass is 16.5. The summed E-state index contributed by atoms with van der Waals surface area (Å²) in [5, 5.41) is 3.27. The van der Waals surface area contributed by atoms with Crippen LogP contribution in [0.25, 0.3) is 11.1 Å². The normalized spacial score (nSPS) is 10.3. The third-order valence-electron chi connectivity index (χ3n) is 3.17. The van der Waals surface area contributed by atoms with Crippen molar-refractivity contribution in [3.05, 3.63) is 60.2 Å². The third kappa shape index (κ3) is 5.04. The van der Waals surface area contributed by atoms with Gasteiger partial charge in [-0.05, 0) is 29.7 Å². The smallest absolute Gasteiger partial charge is 0.307 e. The van der Waals surface area contributed by atoms with Gasteiger partial charge in [0.25, 0.3) is 0 Å². The van der Waals surface area contributed by atoms with Gasteiger partial charge in [0.1, 0.15) is 0 Å². The van der Waals surface area contributed by atoms with E-state index in [0.29, 0.717) is 19.6 Å². The van der Waals surface area contributed by atoms with Gasteiger partial charge in [0.05, 0.1) is 13.0 Å². The van der Waals surface area contributed by atoms with Crippen molar-refractivity contribution in [1.29, 1.82) is 0 Å². The van der Waals surface area contributed by atoms with E-state index in [1.54, 1.807) is 0 Å². The molecule has 0 aliphatic heterocycles. The maximum atomic E-state index is 11.2. The van der Waals surface area contributed by atoms with Gasteiger partial charge < -0.3 is 10.1 Å². The summed E-state index contributed by atoms with van der Waals surface area (Å²) in [5.41, 5.74) is 3.63. The van der Waals surface area contributed by atoms with E-state index in [2.05, 4.69) is 41.7 Å². The summed E-state index contributed by atoms with van der Waals surface area (Å²) >= 11 is 0. The van der Waals surface area contributed by atoms with Crippen molar-refractivity contribution < 1.29 is 9.53 Å². The highest BCUT2D eigenvalue weighted by Crippen LogP contribution is 2.19. The Kier molecular flexibility index (Phi) is 5.98. The number of rotatable bonds is 7. The Balaban J connectivity index is 1.86. The van der Waals surface area contributed by atoms with Gasteiger partial charge in [-0.25, -0.2) is 0 Å². The molecule has 0 aliphatic carbocycles. The van der Waals surface area contributed by atoms with Gasteiger partial charge in [0, 0.05) is 13.1 Å². The molecule has 0 saturated heterocycles. The average molecular weight is 283 g/mol. The fraction of sp³-hybridized carbons (Fsp3) is 0.278. The van der Waals surface area contributed by atoms with E-state index in [1.807, 2.05) is 25.1 Å². The van der Waals surface area contributed by atoms with Crippen LogP contribution in [0.2, 0.25) is 0 Å². The average Bonchev–Trinajstić information content (AvgIpc) is 2.53. The van der Waals surface area contributed by atoms with E-state index < -0.39 is 0 Å². The molecule has 0 radical (unpaired) electrons. The fourth-order valence-corrected chi connectivity index (χ4v) is 2.15. The molecule has 3 nitrogen and oxygen atoms in total. The van der Waals surface area contributed by atoms with Crippen LogP contribution in [0.15, 0.2) is 54.6 Å². The molecule has 0 saturated carbocycles. The SMILES string of the molecule is CCOC(=O)CCNCc1cccc(-c2ccccc2)c1. The second-order valence-electron chi connectivity index (χ2n) is 4.80. The highest BCUT2D eigenvalue weighted by molar-refractivity contribution is 5.69. The summed E-state index contributed by atoms with van der Waals surface area (Å²) in [6.45, 7) is 3.65. The van der Waals surface area contributed by atoms with Crippen LogP contribution < -0.4 is 5.32 Å². The molecular formula is C18H21NO2. The van der Waals surface area contributed by atoms with Crippen molar-refractivity contribution in [2.45, 2.75) is 19.9 Å². The van der Waals surface area contributed by atoms with Crippen LogP contribution in [0.3, 0.4) is 0 Å². The first-order chi connectivity index (χ1) is 10.3. The standard InChI is InChI=1S/C18H21NO2/c1-2-21-18(20)11-12-19-14-15-7-6-10-17(13-15)16-8-4-3-5-9-16/h3-10,13,19H,2,11-12,14H2,1H3. The van der Waals surface area contributed by atoms with Crippen LogP contribution in [-0.2, 0) is 16.1 Å². The molecule has 0 atom stereocenters. The lowest BCUT2D eigenvalue weighted by Crippen LogP contribution is -2.19. The predicted molar refractivity (Wildman–Crippen MR) is 84.8 cm³/mol. The number of hydrogen-bond acceptors (Lipinski definition) is 3. The second kappa shape index (κ2) is 8.22. The molecule has 0 spiro atoms. The quantitative estimate of drug-likeness (QED) is 0.625. The highest BCUT2D eigenvalue weighted by Gasteiger charge is 2.01. The lowest BCUT2D eigenvalue weighted by Gasteiger charge is -2.07. The van der Waals surface area contributed by atoms with Gasteiger partial charge >= 0.3 is 5.97 Å². The number of benzene rings is 2. The fourth-order valence-electron chi connectivity index (χ4n) is 2.15. The zero-order chi connectivity index (χ0) is 14.9. The maximum Gasteiger partial charge on any atom is 0.307 e. The van der Waals surface area contributed by atoms with E-state index in [0.717, 1.165) is 6.54 Å². The van der Waals surface area contributed by atoms with Crippen LogP contribution >= 0.6 is 0 Å². The first kappa shape index (κ1) is 15.3. The first-order valence-corrected chi connectivity index (χ1v) is 7.30. The lowest BCUT2D eigenvalue weighted by molar-refractivity contribution is -0.142. The Morgan fingerprint density at radius 1 is 1.05 bits per heavy atom. The third-order valence-corrected chi connectivity index (χ3v) is 3.17. The summed E-state index contributed by atoms with van der Waals surface area (Å²) < 4.78 is 4.89. The Morgan fingerprint density at radius 3 is 2.57 bits per heavy atom. The van der Waals surface area contributed by atoms with Crippen LogP contribution in [0.1, 0.15) is 18.9 Å². The zero-order valence-electron chi connectivity index (χ0n) is 12.3. The van der Waals surface area contributed by atoms with Gasteiger partial charge in [-0.15, -0.1) is 0 Å². The monoisotopic (exact) mass is 283 g/mol. The Bertz CT molecular complexity index is 566. The van der Waals surface area contributed by atoms with E-state index >= 15 is 0 Å². The van der Waals surface area contributed by atoms with Crippen molar-refractivity contribution in [3.8, 4) is 11.1 Å². The van der Waals surface area contributed by atoms with Crippen molar-refractivity contribution in [1.82, 2.24) is 5.32 Å².